The number of benzene rings is 2. The fourth-order valence-electron chi connectivity index (χ4n) is 1.79. The van der Waals surface area contributed by atoms with Crippen molar-refractivity contribution in [3.05, 3.63) is 68.6 Å². The lowest BCUT2D eigenvalue weighted by Gasteiger charge is -2.07. The number of rotatable bonds is 4. The van der Waals surface area contributed by atoms with Crippen LogP contribution in [-0.4, -0.2) is 11.6 Å². The predicted molar refractivity (Wildman–Crippen MR) is 102 cm³/mol. The van der Waals surface area contributed by atoms with Crippen LogP contribution in [0.5, 0.6) is 0 Å². The third kappa shape index (κ3) is 5.04. The Hall–Kier alpha value is -1.92. The largest absolute Gasteiger partial charge is 0.397 e. The van der Waals surface area contributed by atoms with Crippen molar-refractivity contribution in [3.63, 3.8) is 0 Å². The average Bonchev–Trinajstić information content (AvgIpc) is 2.55. The normalized spacial score (nSPS) is 11.7. The van der Waals surface area contributed by atoms with Gasteiger partial charge in [-0.3, -0.25) is 4.79 Å². The van der Waals surface area contributed by atoms with Crippen LogP contribution in [0.2, 0.25) is 0 Å². The monoisotopic (exact) mass is 435 g/mol. The highest BCUT2D eigenvalue weighted by Crippen LogP contribution is 2.28. The number of nitrogens with two attached hydrogens (primary N) is 1. The SMILES string of the molecule is CC(/C=C/c1ccccc1)=N\NC(=O)c1cc(Br)cc(Br)c1N. The van der Waals surface area contributed by atoms with Gasteiger partial charge >= 0.3 is 0 Å². The summed E-state index contributed by atoms with van der Waals surface area (Å²) < 4.78 is 1.41. The topological polar surface area (TPSA) is 67.5 Å². The third-order valence-corrected chi connectivity index (χ3v) is 4.10. The molecule has 3 N–H and O–H groups in total. The van der Waals surface area contributed by atoms with E-state index in [-0.39, 0.29) is 5.91 Å². The van der Waals surface area contributed by atoms with Crippen LogP contribution in [-0.2, 0) is 0 Å². The molecule has 2 aromatic carbocycles. The minimum Gasteiger partial charge on any atom is -0.397 e. The maximum Gasteiger partial charge on any atom is 0.273 e. The summed E-state index contributed by atoms with van der Waals surface area (Å²) in [5.41, 5.74) is 10.9. The Morgan fingerprint density at radius 2 is 1.91 bits per heavy atom. The fraction of sp³-hybridized carbons (Fsp3) is 0.0588. The molecule has 0 radical (unpaired) electrons. The van der Waals surface area contributed by atoms with Crippen LogP contribution in [0.4, 0.5) is 5.69 Å². The molecule has 0 heterocycles. The van der Waals surface area contributed by atoms with Crippen LogP contribution in [0.25, 0.3) is 6.08 Å². The summed E-state index contributed by atoms with van der Waals surface area (Å²) in [6.07, 6.45) is 3.75. The Balaban J connectivity index is 2.07. The molecular formula is C17H15Br2N3O. The summed E-state index contributed by atoms with van der Waals surface area (Å²) in [7, 11) is 0. The number of carbonyl (C=O) groups excluding carboxylic acids is 1. The number of amides is 1. The molecule has 23 heavy (non-hydrogen) atoms. The summed E-state index contributed by atoms with van der Waals surface area (Å²) in [6, 6.07) is 13.3. The molecule has 6 heteroatoms. The predicted octanol–water partition coefficient (Wildman–Crippen LogP) is 4.61. The maximum atomic E-state index is 12.2. The van der Waals surface area contributed by atoms with Crippen molar-refractivity contribution in [2.75, 3.05) is 5.73 Å². The smallest absolute Gasteiger partial charge is 0.273 e. The number of hydrogen-bond donors (Lipinski definition) is 2. The van der Waals surface area contributed by atoms with Crippen molar-refractivity contribution in [1.82, 2.24) is 5.43 Å². The van der Waals surface area contributed by atoms with Gasteiger partial charge in [-0.1, -0.05) is 52.3 Å². The van der Waals surface area contributed by atoms with E-state index < -0.39 is 0 Å². The van der Waals surface area contributed by atoms with Crippen LogP contribution >= 0.6 is 31.9 Å². The first-order valence-electron chi connectivity index (χ1n) is 6.79. The van der Waals surface area contributed by atoms with Gasteiger partial charge in [0.15, 0.2) is 0 Å². The number of allylic oxidation sites excluding steroid dienone is 1. The summed E-state index contributed by atoms with van der Waals surface area (Å²) in [4.78, 5) is 12.2. The van der Waals surface area contributed by atoms with Gasteiger partial charge in [-0.15, -0.1) is 0 Å². The zero-order valence-corrected chi connectivity index (χ0v) is 15.6. The Morgan fingerprint density at radius 1 is 1.22 bits per heavy atom. The zero-order chi connectivity index (χ0) is 16.8. The number of nitrogens with zero attached hydrogens (tertiary/aromatic N) is 1. The van der Waals surface area contributed by atoms with E-state index in [1.165, 1.54) is 0 Å². The van der Waals surface area contributed by atoms with Gasteiger partial charge in [0, 0.05) is 8.95 Å². The number of hydrazone groups is 1. The average molecular weight is 437 g/mol. The molecule has 0 saturated heterocycles. The summed E-state index contributed by atoms with van der Waals surface area (Å²) in [5, 5.41) is 4.06. The van der Waals surface area contributed by atoms with Gasteiger partial charge < -0.3 is 5.73 Å². The molecule has 0 saturated carbocycles. The second-order valence-electron chi connectivity index (χ2n) is 4.79. The molecule has 0 aliphatic carbocycles. The van der Waals surface area contributed by atoms with Crippen LogP contribution < -0.4 is 11.2 Å². The lowest BCUT2D eigenvalue weighted by Crippen LogP contribution is -2.20. The molecule has 1 amide bonds. The molecule has 0 aliphatic heterocycles. The minimum atomic E-state index is -0.364. The van der Waals surface area contributed by atoms with E-state index in [4.69, 9.17) is 5.73 Å². The van der Waals surface area contributed by atoms with Crippen molar-refractivity contribution < 1.29 is 4.79 Å². The van der Waals surface area contributed by atoms with Crippen molar-refractivity contribution in [2.24, 2.45) is 5.10 Å². The molecule has 0 aliphatic rings. The van der Waals surface area contributed by atoms with E-state index in [9.17, 15) is 4.79 Å². The van der Waals surface area contributed by atoms with Crippen molar-refractivity contribution in [1.29, 1.82) is 0 Å². The van der Waals surface area contributed by atoms with Gasteiger partial charge in [0.1, 0.15) is 0 Å². The van der Waals surface area contributed by atoms with E-state index in [2.05, 4.69) is 42.4 Å². The summed E-state index contributed by atoms with van der Waals surface area (Å²) in [6.45, 7) is 1.81. The second kappa shape index (κ2) is 8.08. The lowest BCUT2D eigenvalue weighted by molar-refractivity contribution is 0.0955. The van der Waals surface area contributed by atoms with Gasteiger partial charge in [0.25, 0.3) is 5.91 Å². The Labute approximate surface area is 151 Å². The van der Waals surface area contributed by atoms with Crippen LogP contribution in [0.3, 0.4) is 0 Å². The quantitative estimate of drug-likeness (QED) is 0.417. The molecule has 0 bridgehead atoms. The van der Waals surface area contributed by atoms with Gasteiger partial charge in [-0.05, 0) is 46.6 Å². The van der Waals surface area contributed by atoms with Gasteiger partial charge in [-0.25, -0.2) is 5.43 Å². The van der Waals surface area contributed by atoms with Crippen LogP contribution in [0, 0.1) is 0 Å². The second-order valence-corrected chi connectivity index (χ2v) is 6.56. The molecule has 0 atom stereocenters. The van der Waals surface area contributed by atoms with E-state index in [1.807, 2.05) is 42.5 Å². The number of anilines is 1. The van der Waals surface area contributed by atoms with Crippen molar-refractivity contribution in [3.8, 4) is 0 Å². The Kier molecular flexibility index (Phi) is 6.12. The number of halogens is 2. The van der Waals surface area contributed by atoms with E-state index in [1.54, 1.807) is 19.1 Å². The first-order valence-corrected chi connectivity index (χ1v) is 8.38. The summed E-state index contributed by atoms with van der Waals surface area (Å²) >= 11 is 6.65. The molecule has 0 spiro atoms. The van der Waals surface area contributed by atoms with Gasteiger partial charge in [0.05, 0.1) is 17.0 Å². The maximum absolute atomic E-state index is 12.2. The molecular weight excluding hydrogens is 422 g/mol. The number of hydrogen-bond acceptors (Lipinski definition) is 3. The van der Waals surface area contributed by atoms with Crippen molar-refractivity contribution in [2.45, 2.75) is 6.92 Å². The molecule has 118 valence electrons. The number of nitrogens with one attached hydrogen (secondary N) is 1. The highest BCUT2D eigenvalue weighted by Gasteiger charge is 2.12. The molecule has 0 aromatic heterocycles. The van der Waals surface area contributed by atoms with E-state index in [0.717, 1.165) is 10.0 Å². The van der Waals surface area contributed by atoms with Crippen LogP contribution in [0.1, 0.15) is 22.8 Å². The highest BCUT2D eigenvalue weighted by atomic mass is 79.9. The molecule has 0 fully saturated rings. The lowest BCUT2D eigenvalue weighted by atomic mass is 10.2. The fourth-order valence-corrected chi connectivity index (χ4v) is 3.02. The van der Waals surface area contributed by atoms with E-state index in [0.29, 0.717) is 21.4 Å². The summed E-state index contributed by atoms with van der Waals surface area (Å²) in [5.74, 6) is -0.364. The van der Waals surface area contributed by atoms with Gasteiger partial charge in [0.2, 0.25) is 0 Å². The first-order chi connectivity index (χ1) is 11.0. The number of carbonyl (C=O) groups is 1. The van der Waals surface area contributed by atoms with E-state index >= 15 is 0 Å². The standard InChI is InChI=1S/C17H15Br2N3O/c1-11(7-8-12-5-3-2-4-6-12)21-22-17(23)14-9-13(18)10-15(19)16(14)20/h2-10H,20H2,1H3,(H,22,23)/b8-7+,21-11+. The molecule has 2 rings (SSSR count). The number of nitrogen functional groups attached to an aromatic ring is 1. The molecule has 4 nitrogen and oxygen atoms in total. The Morgan fingerprint density at radius 3 is 2.61 bits per heavy atom. The first kappa shape index (κ1) is 17.4. The van der Waals surface area contributed by atoms with Crippen LogP contribution in [0.15, 0.2) is 62.6 Å². The Bertz CT molecular complexity index is 771. The molecule has 0 unspecified atom stereocenters. The minimum absolute atomic E-state index is 0.356. The van der Waals surface area contributed by atoms with Gasteiger partial charge in [-0.2, -0.15) is 5.10 Å². The molecule has 2 aromatic rings. The van der Waals surface area contributed by atoms with Crippen molar-refractivity contribution >= 4 is 55.2 Å². The highest BCUT2D eigenvalue weighted by molar-refractivity contribution is 9.11. The zero-order valence-electron chi connectivity index (χ0n) is 12.4. The third-order valence-electron chi connectivity index (χ3n) is 2.99.